The van der Waals surface area contributed by atoms with Crippen molar-refractivity contribution in [1.29, 1.82) is 0 Å². The summed E-state index contributed by atoms with van der Waals surface area (Å²) in [4.78, 5) is 28.3. The molecule has 0 atom stereocenters. The molecule has 32 heavy (non-hydrogen) atoms. The molecule has 0 bridgehead atoms. The number of benzene rings is 3. The SMILES string of the molecule is Cc1c(Cl)cccc1NC1=C(c2ccccc2)C(=O)N(c2ccc(C(C)(C)C)cc2)C1=O. The van der Waals surface area contributed by atoms with Crippen LogP contribution in [0.4, 0.5) is 11.4 Å². The van der Waals surface area contributed by atoms with Gasteiger partial charge in [-0.25, -0.2) is 4.90 Å². The first-order chi connectivity index (χ1) is 15.2. The third kappa shape index (κ3) is 3.94. The number of hydrogen-bond donors (Lipinski definition) is 1. The molecule has 0 spiro atoms. The number of hydrogen-bond acceptors (Lipinski definition) is 3. The van der Waals surface area contributed by atoms with Crippen molar-refractivity contribution < 1.29 is 9.59 Å². The second-order valence-corrected chi connectivity index (χ2v) is 9.30. The van der Waals surface area contributed by atoms with Gasteiger partial charge >= 0.3 is 0 Å². The Kier molecular flexibility index (Phi) is 5.66. The van der Waals surface area contributed by atoms with Crippen LogP contribution in [-0.4, -0.2) is 11.8 Å². The largest absolute Gasteiger partial charge is 0.350 e. The van der Waals surface area contributed by atoms with Gasteiger partial charge in [-0.2, -0.15) is 0 Å². The van der Waals surface area contributed by atoms with E-state index in [1.54, 1.807) is 6.07 Å². The van der Waals surface area contributed by atoms with Crippen LogP contribution in [0.1, 0.15) is 37.5 Å². The van der Waals surface area contributed by atoms with Crippen molar-refractivity contribution in [3.05, 3.63) is 100 Å². The van der Waals surface area contributed by atoms with Crippen LogP contribution in [0.3, 0.4) is 0 Å². The number of nitrogens with zero attached hydrogens (tertiary/aromatic N) is 1. The molecule has 0 aliphatic carbocycles. The summed E-state index contributed by atoms with van der Waals surface area (Å²) in [6, 6.07) is 22.3. The monoisotopic (exact) mass is 444 g/mol. The van der Waals surface area contributed by atoms with Crippen molar-refractivity contribution in [2.75, 3.05) is 10.2 Å². The van der Waals surface area contributed by atoms with Gasteiger partial charge in [0.15, 0.2) is 0 Å². The summed E-state index contributed by atoms with van der Waals surface area (Å²) in [5, 5.41) is 3.78. The average molecular weight is 445 g/mol. The molecule has 0 unspecified atom stereocenters. The molecule has 162 valence electrons. The van der Waals surface area contributed by atoms with Crippen molar-refractivity contribution in [2.24, 2.45) is 0 Å². The van der Waals surface area contributed by atoms with Gasteiger partial charge in [0, 0.05) is 10.7 Å². The van der Waals surface area contributed by atoms with Crippen LogP contribution in [0, 0.1) is 6.92 Å². The first-order valence-electron chi connectivity index (χ1n) is 10.5. The number of halogens is 1. The highest BCUT2D eigenvalue weighted by Gasteiger charge is 2.40. The maximum atomic E-state index is 13.5. The number of imide groups is 1. The molecule has 5 heteroatoms. The Labute approximate surface area is 193 Å². The molecule has 3 aromatic rings. The van der Waals surface area contributed by atoms with E-state index in [0.29, 0.717) is 27.5 Å². The van der Waals surface area contributed by atoms with Crippen LogP contribution in [0.5, 0.6) is 0 Å². The predicted octanol–water partition coefficient (Wildman–Crippen LogP) is 6.34. The second kappa shape index (κ2) is 8.29. The number of amides is 2. The lowest BCUT2D eigenvalue weighted by atomic mass is 9.87. The van der Waals surface area contributed by atoms with E-state index in [2.05, 4.69) is 26.1 Å². The van der Waals surface area contributed by atoms with Gasteiger partial charge in [0.1, 0.15) is 5.70 Å². The van der Waals surface area contributed by atoms with Crippen molar-refractivity contribution in [2.45, 2.75) is 33.1 Å². The minimum atomic E-state index is -0.392. The lowest BCUT2D eigenvalue weighted by molar-refractivity contribution is -0.120. The Hall–Kier alpha value is -3.37. The van der Waals surface area contributed by atoms with Gasteiger partial charge in [0.25, 0.3) is 11.8 Å². The third-order valence-electron chi connectivity index (χ3n) is 5.67. The summed E-state index contributed by atoms with van der Waals surface area (Å²) in [7, 11) is 0. The van der Waals surface area contributed by atoms with Crippen LogP contribution < -0.4 is 10.2 Å². The van der Waals surface area contributed by atoms with E-state index in [9.17, 15) is 9.59 Å². The first-order valence-corrected chi connectivity index (χ1v) is 10.9. The smallest absolute Gasteiger partial charge is 0.282 e. The number of anilines is 2. The molecule has 1 aliphatic rings. The molecule has 0 saturated carbocycles. The van der Waals surface area contributed by atoms with Crippen LogP contribution in [0.15, 0.2) is 78.5 Å². The highest BCUT2D eigenvalue weighted by atomic mass is 35.5. The van der Waals surface area contributed by atoms with Gasteiger partial charge < -0.3 is 5.32 Å². The summed E-state index contributed by atoms with van der Waals surface area (Å²) in [6.45, 7) is 8.24. The molecule has 4 nitrogen and oxygen atoms in total. The molecule has 0 saturated heterocycles. The molecular formula is C27H25ClN2O2. The predicted molar refractivity (Wildman–Crippen MR) is 131 cm³/mol. The molecule has 3 aromatic carbocycles. The number of rotatable bonds is 4. The van der Waals surface area contributed by atoms with Gasteiger partial charge in [-0.05, 0) is 53.3 Å². The molecule has 0 aromatic heterocycles. The van der Waals surface area contributed by atoms with Gasteiger partial charge in [-0.3, -0.25) is 9.59 Å². The second-order valence-electron chi connectivity index (χ2n) is 8.90. The van der Waals surface area contributed by atoms with Crippen molar-refractivity contribution in [1.82, 2.24) is 0 Å². The fourth-order valence-electron chi connectivity index (χ4n) is 3.74. The molecule has 2 amide bonds. The Balaban J connectivity index is 1.79. The summed E-state index contributed by atoms with van der Waals surface area (Å²) < 4.78 is 0. The minimum Gasteiger partial charge on any atom is -0.350 e. The molecule has 1 aliphatic heterocycles. The Bertz CT molecular complexity index is 1220. The Morgan fingerprint density at radius 3 is 2.09 bits per heavy atom. The molecule has 0 radical (unpaired) electrons. The Morgan fingerprint density at radius 1 is 0.812 bits per heavy atom. The van der Waals surface area contributed by atoms with Crippen molar-refractivity contribution in [3.8, 4) is 0 Å². The highest BCUT2D eigenvalue weighted by molar-refractivity contribution is 6.46. The zero-order valence-electron chi connectivity index (χ0n) is 18.6. The minimum absolute atomic E-state index is 0.0260. The molecule has 4 rings (SSSR count). The quantitative estimate of drug-likeness (QED) is 0.477. The van der Waals surface area contributed by atoms with Gasteiger partial charge in [0.05, 0.1) is 11.3 Å². The van der Waals surface area contributed by atoms with Crippen molar-refractivity contribution in [3.63, 3.8) is 0 Å². The number of carbonyl (C=O) groups excluding carboxylic acids is 2. The zero-order valence-corrected chi connectivity index (χ0v) is 19.3. The average Bonchev–Trinajstić information content (AvgIpc) is 3.01. The van der Waals surface area contributed by atoms with Crippen LogP contribution in [-0.2, 0) is 15.0 Å². The lowest BCUT2D eigenvalue weighted by Crippen LogP contribution is -2.32. The first kappa shape index (κ1) is 21.8. The maximum absolute atomic E-state index is 13.5. The van der Waals surface area contributed by atoms with E-state index in [1.165, 1.54) is 4.90 Å². The third-order valence-corrected chi connectivity index (χ3v) is 6.07. The van der Waals surface area contributed by atoms with Gasteiger partial charge in [-0.1, -0.05) is 80.9 Å². The summed E-state index contributed by atoms with van der Waals surface area (Å²) in [5.74, 6) is -0.747. The maximum Gasteiger partial charge on any atom is 0.282 e. The van der Waals surface area contributed by atoms with E-state index in [4.69, 9.17) is 11.6 Å². The fraction of sp³-hybridized carbons (Fsp3) is 0.185. The summed E-state index contributed by atoms with van der Waals surface area (Å²) >= 11 is 6.28. The summed E-state index contributed by atoms with van der Waals surface area (Å²) in [5.41, 5.74) is 4.41. The zero-order chi connectivity index (χ0) is 23.0. The van der Waals surface area contributed by atoms with Crippen molar-refractivity contribution >= 4 is 40.4 Å². The number of nitrogens with one attached hydrogen (secondary N) is 1. The topological polar surface area (TPSA) is 49.4 Å². The lowest BCUT2D eigenvalue weighted by Gasteiger charge is -2.21. The van der Waals surface area contributed by atoms with Crippen LogP contribution in [0.25, 0.3) is 5.57 Å². The van der Waals surface area contributed by atoms with E-state index < -0.39 is 5.91 Å². The van der Waals surface area contributed by atoms with E-state index in [-0.39, 0.29) is 17.0 Å². The van der Waals surface area contributed by atoms with Crippen LogP contribution in [0.2, 0.25) is 5.02 Å². The van der Waals surface area contributed by atoms with E-state index >= 15 is 0 Å². The van der Waals surface area contributed by atoms with Gasteiger partial charge in [-0.15, -0.1) is 0 Å². The molecule has 1 N–H and O–H groups in total. The molecule has 0 fully saturated rings. The summed E-state index contributed by atoms with van der Waals surface area (Å²) in [6.07, 6.45) is 0. The van der Waals surface area contributed by atoms with E-state index in [0.717, 1.165) is 11.1 Å². The highest BCUT2D eigenvalue weighted by Crippen LogP contribution is 2.35. The normalized spacial score (nSPS) is 14.3. The number of carbonyl (C=O) groups is 2. The van der Waals surface area contributed by atoms with Gasteiger partial charge in [0.2, 0.25) is 0 Å². The van der Waals surface area contributed by atoms with E-state index in [1.807, 2.05) is 73.7 Å². The fourth-order valence-corrected chi connectivity index (χ4v) is 3.92. The molecular weight excluding hydrogens is 420 g/mol. The molecule has 1 heterocycles. The van der Waals surface area contributed by atoms with Crippen LogP contribution >= 0.6 is 11.6 Å². The Morgan fingerprint density at radius 2 is 1.47 bits per heavy atom. The standard InChI is InChI=1S/C27H25ClN2O2/c1-17-21(28)11-8-12-22(17)29-24-23(18-9-6-5-7-10-18)25(31)30(26(24)32)20-15-13-19(14-16-20)27(2,3)4/h5-16,29H,1-4H3.